The van der Waals surface area contributed by atoms with Crippen molar-refractivity contribution in [2.75, 3.05) is 7.11 Å². The number of hydrogen-bond donors (Lipinski definition) is 1. The molecule has 128 valence electrons. The van der Waals surface area contributed by atoms with Gasteiger partial charge in [0, 0.05) is 23.3 Å². The van der Waals surface area contributed by atoms with Gasteiger partial charge in [0.15, 0.2) is 0 Å². The fourth-order valence-electron chi connectivity index (χ4n) is 2.32. The molecule has 0 aliphatic carbocycles. The van der Waals surface area contributed by atoms with Gasteiger partial charge in [0.2, 0.25) is 0 Å². The fourth-order valence-corrected chi connectivity index (χ4v) is 2.51. The zero-order valence-electron chi connectivity index (χ0n) is 13.4. The van der Waals surface area contributed by atoms with Crippen LogP contribution in [0.5, 0.6) is 0 Å². The summed E-state index contributed by atoms with van der Waals surface area (Å²) in [6, 6.07) is 13.4. The summed E-state index contributed by atoms with van der Waals surface area (Å²) >= 11 is 6.17. The van der Waals surface area contributed by atoms with E-state index in [0.717, 1.165) is 22.5 Å². The maximum absolute atomic E-state index is 13.0. The fraction of sp³-hybridized carbons (Fsp3) is 0.111. The molecule has 3 rings (SSSR count). The van der Waals surface area contributed by atoms with Gasteiger partial charge in [-0.2, -0.15) is 5.10 Å². The van der Waals surface area contributed by atoms with Gasteiger partial charge in [-0.15, -0.1) is 0 Å². The number of nitrogens with one attached hydrogen (secondary N) is 1. The maximum Gasteiger partial charge on any atom is 0.407 e. The highest BCUT2D eigenvalue weighted by Gasteiger charge is 2.09. The SMILES string of the molecule is COC(=O)NCc1cc(-c2ccn(-c3ccc(F)cc3)n2)ccc1Cl. The lowest BCUT2D eigenvalue weighted by Gasteiger charge is -2.08. The standard InChI is InChI=1S/C18H15ClFN3O2/c1-25-18(24)21-11-13-10-12(2-7-16(13)19)17-8-9-23(22-17)15-5-3-14(20)4-6-15/h2-10H,11H2,1H3,(H,21,24). The Bertz CT molecular complexity index is 894. The van der Waals surface area contributed by atoms with Crippen molar-refractivity contribution in [3.63, 3.8) is 0 Å². The Morgan fingerprint density at radius 1 is 1.24 bits per heavy atom. The number of nitrogens with zero attached hydrogens (tertiary/aromatic N) is 2. The number of benzene rings is 2. The van der Waals surface area contributed by atoms with Crippen LogP contribution in [0.15, 0.2) is 54.7 Å². The molecule has 0 bridgehead atoms. The van der Waals surface area contributed by atoms with Crippen LogP contribution in [0.25, 0.3) is 16.9 Å². The lowest BCUT2D eigenvalue weighted by molar-refractivity contribution is 0.170. The molecule has 0 aliphatic heterocycles. The number of hydrogen-bond acceptors (Lipinski definition) is 3. The summed E-state index contributed by atoms with van der Waals surface area (Å²) in [4.78, 5) is 11.2. The minimum Gasteiger partial charge on any atom is -0.453 e. The molecule has 25 heavy (non-hydrogen) atoms. The number of aromatic nitrogens is 2. The Morgan fingerprint density at radius 2 is 2.00 bits per heavy atom. The van der Waals surface area contributed by atoms with Crippen LogP contribution in [0.2, 0.25) is 5.02 Å². The Balaban J connectivity index is 1.84. The highest BCUT2D eigenvalue weighted by molar-refractivity contribution is 6.31. The highest BCUT2D eigenvalue weighted by Crippen LogP contribution is 2.25. The monoisotopic (exact) mass is 359 g/mol. The van der Waals surface area contributed by atoms with E-state index in [1.807, 2.05) is 18.2 Å². The smallest absolute Gasteiger partial charge is 0.407 e. The van der Waals surface area contributed by atoms with E-state index in [-0.39, 0.29) is 12.4 Å². The number of carbonyl (C=O) groups excluding carboxylic acids is 1. The summed E-state index contributed by atoms with van der Waals surface area (Å²) in [5, 5.41) is 7.64. The first-order valence-corrected chi connectivity index (χ1v) is 7.87. The van der Waals surface area contributed by atoms with Crippen molar-refractivity contribution in [1.82, 2.24) is 15.1 Å². The number of alkyl carbamates (subject to hydrolysis) is 1. The van der Waals surface area contributed by atoms with Crippen molar-refractivity contribution in [3.05, 3.63) is 71.1 Å². The highest BCUT2D eigenvalue weighted by atomic mass is 35.5. The van der Waals surface area contributed by atoms with Crippen molar-refractivity contribution in [2.24, 2.45) is 0 Å². The topological polar surface area (TPSA) is 56.1 Å². The number of carbonyl (C=O) groups is 1. The molecule has 2 aromatic carbocycles. The van der Waals surface area contributed by atoms with Crippen molar-refractivity contribution in [1.29, 1.82) is 0 Å². The summed E-state index contributed by atoms with van der Waals surface area (Å²) in [5.41, 5.74) is 3.10. The van der Waals surface area contributed by atoms with Gasteiger partial charge >= 0.3 is 6.09 Å². The molecule has 1 aromatic heterocycles. The molecule has 0 atom stereocenters. The summed E-state index contributed by atoms with van der Waals surface area (Å²) in [6.07, 6.45) is 1.27. The summed E-state index contributed by atoms with van der Waals surface area (Å²) in [6.45, 7) is 0.248. The van der Waals surface area contributed by atoms with E-state index in [1.165, 1.54) is 19.2 Å². The number of rotatable bonds is 4. The zero-order chi connectivity index (χ0) is 17.8. The van der Waals surface area contributed by atoms with Gasteiger partial charge in [0.05, 0.1) is 18.5 Å². The van der Waals surface area contributed by atoms with Gasteiger partial charge in [0.25, 0.3) is 0 Å². The number of amides is 1. The summed E-state index contributed by atoms with van der Waals surface area (Å²) in [5.74, 6) is -0.295. The van der Waals surface area contributed by atoms with Crippen molar-refractivity contribution in [3.8, 4) is 16.9 Å². The maximum atomic E-state index is 13.0. The third-order valence-corrected chi connectivity index (χ3v) is 4.00. The van der Waals surface area contributed by atoms with Gasteiger partial charge < -0.3 is 10.1 Å². The zero-order valence-corrected chi connectivity index (χ0v) is 14.1. The molecule has 0 saturated carbocycles. The van der Waals surface area contributed by atoms with Gasteiger partial charge in [-0.3, -0.25) is 0 Å². The van der Waals surface area contributed by atoms with Crippen LogP contribution in [0.4, 0.5) is 9.18 Å². The first-order valence-electron chi connectivity index (χ1n) is 7.49. The van der Waals surface area contributed by atoms with E-state index in [9.17, 15) is 9.18 Å². The van der Waals surface area contributed by atoms with Crippen LogP contribution >= 0.6 is 11.6 Å². The average molecular weight is 360 g/mol. The molecule has 1 heterocycles. The van der Waals surface area contributed by atoms with Gasteiger partial charge in [0.1, 0.15) is 5.82 Å². The van der Waals surface area contributed by atoms with Crippen LogP contribution in [0.1, 0.15) is 5.56 Å². The number of halogens is 2. The molecule has 3 aromatic rings. The third-order valence-electron chi connectivity index (χ3n) is 3.63. The predicted octanol–water partition coefficient (Wildman–Crippen LogP) is 4.19. The minimum absolute atomic E-state index is 0.248. The summed E-state index contributed by atoms with van der Waals surface area (Å²) in [7, 11) is 1.30. The lowest BCUT2D eigenvalue weighted by atomic mass is 10.1. The number of ether oxygens (including phenoxy) is 1. The van der Waals surface area contributed by atoms with Crippen LogP contribution in [0.3, 0.4) is 0 Å². The van der Waals surface area contributed by atoms with Crippen LogP contribution in [-0.2, 0) is 11.3 Å². The van der Waals surface area contributed by atoms with E-state index in [4.69, 9.17) is 11.6 Å². The molecule has 1 amide bonds. The molecule has 0 radical (unpaired) electrons. The molecule has 0 aliphatic rings. The molecule has 1 N–H and O–H groups in total. The van der Waals surface area contributed by atoms with Crippen molar-refractivity contribution < 1.29 is 13.9 Å². The molecule has 0 saturated heterocycles. The van der Waals surface area contributed by atoms with E-state index < -0.39 is 6.09 Å². The van der Waals surface area contributed by atoms with E-state index in [2.05, 4.69) is 15.2 Å². The lowest BCUT2D eigenvalue weighted by Crippen LogP contribution is -2.22. The number of methoxy groups -OCH3 is 1. The van der Waals surface area contributed by atoms with Crippen LogP contribution < -0.4 is 5.32 Å². The third kappa shape index (κ3) is 3.97. The predicted molar refractivity (Wildman–Crippen MR) is 93.2 cm³/mol. The van der Waals surface area contributed by atoms with Gasteiger partial charge in [-0.1, -0.05) is 17.7 Å². The first-order chi connectivity index (χ1) is 12.1. The minimum atomic E-state index is -0.526. The Morgan fingerprint density at radius 3 is 2.72 bits per heavy atom. The first kappa shape index (κ1) is 17.0. The van der Waals surface area contributed by atoms with E-state index >= 15 is 0 Å². The van der Waals surface area contributed by atoms with Gasteiger partial charge in [-0.25, -0.2) is 13.9 Å². The van der Waals surface area contributed by atoms with Gasteiger partial charge in [-0.05, 0) is 48.0 Å². The second kappa shape index (κ2) is 7.36. The molecular formula is C18H15ClFN3O2. The normalized spacial score (nSPS) is 10.5. The Kier molecular flexibility index (Phi) is 5.00. The molecule has 0 unspecified atom stereocenters. The van der Waals surface area contributed by atoms with Crippen molar-refractivity contribution >= 4 is 17.7 Å². The quantitative estimate of drug-likeness (QED) is 0.760. The van der Waals surface area contributed by atoms with Crippen LogP contribution in [0, 0.1) is 5.82 Å². The second-order valence-electron chi connectivity index (χ2n) is 5.27. The molecule has 0 fully saturated rings. The van der Waals surface area contributed by atoms with E-state index in [1.54, 1.807) is 29.1 Å². The summed E-state index contributed by atoms with van der Waals surface area (Å²) < 4.78 is 19.2. The van der Waals surface area contributed by atoms with Crippen LogP contribution in [-0.4, -0.2) is 23.0 Å². The Hall–Kier alpha value is -2.86. The van der Waals surface area contributed by atoms with E-state index in [0.29, 0.717) is 5.02 Å². The molecule has 5 nitrogen and oxygen atoms in total. The second-order valence-corrected chi connectivity index (χ2v) is 5.68. The van der Waals surface area contributed by atoms with Crippen molar-refractivity contribution in [2.45, 2.75) is 6.54 Å². The molecule has 7 heteroatoms. The average Bonchev–Trinajstić information content (AvgIpc) is 3.11. The molecule has 0 spiro atoms. The Labute approximate surface area is 149 Å². The largest absolute Gasteiger partial charge is 0.453 e. The molecular weight excluding hydrogens is 345 g/mol.